The first-order valence-electron chi connectivity index (χ1n) is 5.90. The van der Waals surface area contributed by atoms with Crippen molar-refractivity contribution in [2.45, 2.75) is 59.3 Å². The third-order valence-corrected chi connectivity index (χ3v) is 2.55. The van der Waals surface area contributed by atoms with E-state index in [1.54, 1.807) is 0 Å². The summed E-state index contributed by atoms with van der Waals surface area (Å²) >= 11 is 0. The second-order valence-electron chi connectivity index (χ2n) is 3.78. The normalized spacial score (nSPS) is 12.5. The third-order valence-electron chi connectivity index (χ3n) is 2.55. The van der Waals surface area contributed by atoms with Crippen molar-refractivity contribution in [1.82, 2.24) is 0 Å². The summed E-state index contributed by atoms with van der Waals surface area (Å²) in [4.78, 5) is 11.2. The van der Waals surface area contributed by atoms with E-state index >= 15 is 0 Å². The van der Waals surface area contributed by atoms with Crippen molar-refractivity contribution in [2.75, 3.05) is 6.61 Å². The van der Waals surface area contributed by atoms with E-state index in [0.717, 1.165) is 6.42 Å². The van der Waals surface area contributed by atoms with Gasteiger partial charge in [0, 0.05) is 6.42 Å². The number of carbonyl (C=O) groups excluding carboxylic acids is 1. The molecule has 0 radical (unpaired) electrons. The fraction of sp³-hybridized carbons (Fsp3) is 0.917. The molecule has 0 fully saturated rings. The molecule has 0 saturated carbocycles. The third kappa shape index (κ3) is 6.93. The Morgan fingerprint density at radius 3 is 2.43 bits per heavy atom. The Morgan fingerprint density at radius 2 is 1.93 bits per heavy atom. The smallest absolute Gasteiger partial charge is 0.306 e. The Bertz CT molecular complexity index is 143. The van der Waals surface area contributed by atoms with Gasteiger partial charge in [0.1, 0.15) is 0 Å². The highest BCUT2D eigenvalue weighted by Crippen LogP contribution is 2.17. The van der Waals surface area contributed by atoms with Gasteiger partial charge in [0.25, 0.3) is 0 Å². The van der Waals surface area contributed by atoms with Crippen LogP contribution in [0.2, 0.25) is 0 Å². The molecular weight excluding hydrogens is 176 g/mol. The zero-order chi connectivity index (χ0) is 10.8. The van der Waals surface area contributed by atoms with E-state index in [1.165, 1.54) is 25.7 Å². The second-order valence-corrected chi connectivity index (χ2v) is 3.78. The van der Waals surface area contributed by atoms with Crippen LogP contribution in [0.5, 0.6) is 0 Å². The summed E-state index contributed by atoms with van der Waals surface area (Å²) in [6, 6.07) is 0. The summed E-state index contributed by atoms with van der Waals surface area (Å²) in [7, 11) is 0. The molecule has 0 N–H and O–H groups in total. The van der Waals surface area contributed by atoms with Gasteiger partial charge in [0.15, 0.2) is 0 Å². The highest BCUT2D eigenvalue weighted by Gasteiger charge is 2.12. The van der Waals surface area contributed by atoms with Gasteiger partial charge in [-0.05, 0) is 19.3 Å². The van der Waals surface area contributed by atoms with Crippen LogP contribution in [-0.2, 0) is 9.53 Å². The standard InChI is InChI=1S/C12H24O2/c1-4-7-8-9-11(5-2)10-12(13)14-6-3/h11H,4-10H2,1-3H3/t11-/m0/s1. The van der Waals surface area contributed by atoms with Crippen molar-refractivity contribution < 1.29 is 9.53 Å². The molecule has 1 atom stereocenters. The van der Waals surface area contributed by atoms with Gasteiger partial charge in [-0.3, -0.25) is 4.79 Å². The van der Waals surface area contributed by atoms with Crippen LogP contribution in [0.3, 0.4) is 0 Å². The molecule has 0 rings (SSSR count). The van der Waals surface area contributed by atoms with Gasteiger partial charge in [-0.25, -0.2) is 0 Å². The van der Waals surface area contributed by atoms with Crippen LogP contribution >= 0.6 is 0 Å². The van der Waals surface area contributed by atoms with Gasteiger partial charge < -0.3 is 4.74 Å². The summed E-state index contributed by atoms with van der Waals surface area (Å²) in [6.07, 6.45) is 6.63. The number of unbranched alkanes of at least 4 members (excludes halogenated alkanes) is 2. The molecule has 14 heavy (non-hydrogen) atoms. The van der Waals surface area contributed by atoms with E-state index < -0.39 is 0 Å². The molecular formula is C12H24O2. The lowest BCUT2D eigenvalue weighted by atomic mass is 9.95. The Hall–Kier alpha value is -0.530. The van der Waals surface area contributed by atoms with Gasteiger partial charge in [0.05, 0.1) is 6.61 Å². The van der Waals surface area contributed by atoms with Gasteiger partial charge in [-0.1, -0.05) is 39.5 Å². The molecule has 0 aliphatic heterocycles. The van der Waals surface area contributed by atoms with E-state index in [-0.39, 0.29) is 5.97 Å². The first-order valence-corrected chi connectivity index (χ1v) is 5.90. The minimum absolute atomic E-state index is 0.0316. The molecule has 2 heteroatoms. The molecule has 0 heterocycles. The quantitative estimate of drug-likeness (QED) is 0.442. The maximum absolute atomic E-state index is 11.2. The maximum Gasteiger partial charge on any atom is 0.306 e. The lowest BCUT2D eigenvalue weighted by Crippen LogP contribution is -2.11. The molecule has 2 nitrogen and oxygen atoms in total. The zero-order valence-corrected chi connectivity index (χ0v) is 9.84. The summed E-state index contributed by atoms with van der Waals surface area (Å²) in [5.41, 5.74) is 0. The first-order chi connectivity index (χ1) is 6.74. The minimum atomic E-state index is -0.0316. The Labute approximate surface area is 88.0 Å². The van der Waals surface area contributed by atoms with Crippen molar-refractivity contribution in [3.8, 4) is 0 Å². The molecule has 0 aliphatic rings. The van der Waals surface area contributed by atoms with Crippen LogP contribution in [0.25, 0.3) is 0 Å². The highest BCUT2D eigenvalue weighted by molar-refractivity contribution is 5.69. The first kappa shape index (κ1) is 13.5. The van der Waals surface area contributed by atoms with E-state index in [0.29, 0.717) is 18.9 Å². The summed E-state index contributed by atoms with van der Waals surface area (Å²) in [6.45, 7) is 6.71. The van der Waals surface area contributed by atoms with Gasteiger partial charge in [0.2, 0.25) is 0 Å². The summed E-state index contributed by atoms with van der Waals surface area (Å²) in [5.74, 6) is 0.497. The second kappa shape index (κ2) is 9.04. The van der Waals surface area contributed by atoms with E-state index in [2.05, 4.69) is 13.8 Å². The topological polar surface area (TPSA) is 26.3 Å². The number of carbonyl (C=O) groups is 1. The van der Waals surface area contributed by atoms with Crippen LogP contribution in [0, 0.1) is 5.92 Å². The number of ether oxygens (including phenoxy) is 1. The van der Waals surface area contributed by atoms with Gasteiger partial charge >= 0.3 is 5.97 Å². The lowest BCUT2D eigenvalue weighted by molar-refractivity contribution is -0.144. The Balaban J connectivity index is 3.61. The summed E-state index contributed by atoms with van der Waals surface area (Å²) in [5, 5.41) is 0. The maximum atomic E-state index is 11.2. The average Bonchev–Trinajstić information content (AvgIpc) is 2.17. The number of rotatable bonds is 8. The Kier molecular flexibility index (Phi) is 8.70. The fourth-order valence-corrected chi connectivity index (χ4v) is 1.59. The number of hydrogen-bond acceptors (Lipinski definition) is 2. The number of hydrogen-bond donors (Lipinski definition) is 0. The van der Waals surface area contributed by atoms with Crippen LogP contribution in [0.4, 0.5) is 0 Å². The van der Waals surface area contributed by atoms with E-state index in [9.17, 15) is 4.79 Å². The largest absolute Gasteiger partial charge is 0.466 e. The van der Waals surface area contributed by atoms with Gasteiger partial charge in [-0.2, -0.15) is 0 Å². The fourth-order valence-electron chi connectivity index (χ4n) is 1.59. The minimum Gasteiger partial charge on any atom is -0.466 e. The monoisotopic (exact) mass is 200 g/mol. The van der Waals surface area contributed by atoms with E-state index in [4.69, 9.17) is 4.74 Å². The van der Waals surface area contributed by atoms with Crippen molar-refractivity contribution >= 4 is 5.97 Å². The Morgan fingerprint density at radius 1 is 1.21 bits per heavy atom. The molecule has 84 valence electrons. The molecule has 0 spiro atoms. The van der Waals surface area contributed by atoms with Crippen LogP contribution in [0.15, 0.2) is 0 Å². The highest BCUT2D eigenvalue weighted by atomic mass is 16.5. The molecule has 0 aliphatic carbocycles. The average molecular weight is 200 g/mol. The van der Waals surface area contributed by atoms with Crippen LogP contribution in [0.1, 0.15) is 59.3 Å². The van der Waals surface area contributed by atoms with Crippen LogP contribution < -0.4 is 0 Å². The number of esters is 1. The van der Waals surface area contributed by atoms with Crippen molar-refractivity contribution in [3.05, 3.63) is 0 Å². The predicted molar refractivity (Wildman–Crippen MR) is 59.2 cm³/mol. The molecule has 0 aromatic rings. The lowest BCUT2D eigenvalue weighted by Gasteiger charge is -2.13. The predicted octanol–water partition coefficient (Wildman–Crippen LogP) is 3.55. The summed E-state index contributed by atoms with van der Waals surface area (Å²) < 4.78 is 4.94. The van der Waals surface area contributed by atoms with Crippen molar-refractivity contribution in [1.29, 1.82) is 0 Å². The molecule has 0 unspecified atom stereocenters. The molecule has 0 amide bonds. The van der Waals surface area contributed by atoms with Gasteiger partial charge in [-0.15, -0.1) is 0 Å². The van der Waals surface area contributed by atoms with Crippen LogP contribution in [-0.4, -0.2) is 12.6 Å². The zero-order valence-electron chi connectivity index (χ0n) is 9.84. The van der Waals surface area contributed by atoms with Crippen molar-refractivity contribution in [2.24, 2.45) is 5.92 Å². The molecule has 0 aromatic carbocycles. The SMILES string of the molecule is CCCCC[C@H](CC)CC(=O)OCC. The van der Waals surface area contributed by atoms with E-state index in [1.807, 2.05) is 6.92 Å². The molecule has 0 aromatic heterocycles. The molecule has 0 bridgehead atoms. The van der Waals surface area contributed by atoms with Crippen molar-refractivity contribution in [3.63, 3.8) is 0 Å². The molecule has 0 saturated heterocycles.